The lowest BCUT2D eigenvalue weighted by Crippen LogP contribution is -2.44. The fourth-order valence-electron chi connectivity index (χ4n) is 5.00. The number of hydrogen-bond donors (Lipinski definition) is 0. The molecule has 59 heavy (non-hydrogen) atoms. The van der Waals surface area contributed by atoms with E-state index in [0.29, 0.717) is 18.6 Å². The summed E-state index contributed by atoms with van der Waals surface area (Å²) in [6.07, 6.45) is 15.7. The Balaban J connectivity index is 0.000000703. The zero-order chi connectivity index (χ0) is 44.4. The normalized spacial score (nSPS) is 13.4. The molecule has 0 atom stereocenters. The molecule has 2 heterocycles. The zero-order valence-electron chi connectivity index (χ0n) is 39.4. The molecular formula is C54H80N2O3. The Hall–Kier alpha value is -4.92. The maximum atomic E-state index is 5.27. The predicted molar refractivity (Wildman–Crippen MR) is 261 cm³/mol. The number of aryl methyl sites for hydroxylation is 1. The van der Waals surface area contributed by atoms with Gasteiger partial charge in [0.1, 0.15) is 5.75 Å². The molecule has 0 spiro atoms. The van der Waals surface area contributed by atoms with Crippen molar-refractivity contribution in [1.29, 1.82) is 0 Å². The smallest absolute Gasteiger partial charge is 0.231 e. The summed E-state index contributed by atoms with van der Waals surface area (Å²) in [5.74, 6) is 7.15. The van der Waals surface area contributed by atoms with Gasteiger partial charge in [0.25, 0.3) is 0 Å². The van der Waals surface area contributed by atoms with E-state index >= 15 is 0 Å². The van der Waals surface area contributed by atoms with Crippen LogP contribution in [0, 0.1) is 25.2 Å². The van der Waals surface area contributed by atoms with E-state index in [1.54, 1.807) is 14.0 Å². The monoisotopic (exact) mass is 805 g/mol. The molecule has 0 aromatic heterocycles. The number of piperazine rings is 1. The van der Waals surface area contributed by atoms with Gasteiger partial charge in [-0.1, -0.05) is 152 Å². The van der Waals surface area contributed by atoms with E-state index in [1.165, 1.54) is 53.9 Å². The van der Waals surface area contributed by atoms with E-state index in [2.05, 4.69) is 119 Å². The Labute approximate surface area is 362 Å². The van der Waals surface area contributed by atoms with Crippen LogP contribution in [0.25, 0.3) is 6.08 Å². The van der Waals surface area contributed by atoms with Crippen LogP contribution >= 0.6 is 0 Å². The van der Waals surface area contributed by atoms with Crippen molar-refractivity contribution in [2.45, 2.75) is 108 Å². The highest BCUT2D eigenvalue weighted by molar-refractivity contribution is 5.49. The fraction of sp³-hybridized carbons (Fsp3) is 0.444. The van der Waals surface area contributed by atoms with E-state index in [0.717, 1.165) is 36.3 Å². The average Bonchev–Trinajstić information content (AvgIpc) is 3.90. The molecule has 0 bridgehead atoms. The second kappa shape index (κ2) is 34.0. The van der Waals surface area contributed by atoms with Crippen LogP contribution in [0.4, 0.5) is 5.69 Å². The second-order valence-corrected chi connectivity index (χ2v) is 14.9. The Morgan fingerprint density at radius 1 is 0.712 bits per heavy atom. The molecule has 1 aliphatic carbocycles. The zero-order valence-corrected chi connectivity index (χ0v) is 39.4. The first-order valence-corrected chi connectivity index (χ1v) is 21.6. The lowest BCUT2D eigenvalue weighted by atomic mass is 10.0. The number of methoxy groups -OCH3 is 1. The van der Waals surface area contributed by atoms with Gasteiger partial charge in [-0.3, -0.25) is 0 Å². The van der Waals surface area contributed by atoms with E-state index in [1.807, 2.05) is 107 Å². The summed E-state index contributed by atoms with van der Waals surface area (Å²) in [7, 11) is 3.86. The first-order chi connectivity index (χ1) is 28.4. The SMILES string of the molecule is C#CC.C/C=C/C.C/C=C/c1ccccc1.CC.CC(C)c1ccc(N2CCN(C)CC2)cc1.CC(C)c1ccc2c(c1)OCO2.CC1CC1.COc1ccc(C)cc1. The van der Waals surface area contributed by atoms with E-state index in [4.69, 9.17) is 14.2 Å². The van der Waals surface area contributed by atoms with Crippen molar-refractivity contribution in [3.05, 3.63) is 138 Å². The van der Waals surface area contributed by atoms with Crippen LogP contribution in [0.3, 0.4) is 0 Å². The molecule has 5 heteroatoms. The molecule has 0 amide bonds. The maximum absolute atomic E-state index is 5.27. The van der Waals surface area contributed by atoms with Gasteiger partial charge in [0, 0.05) is 31.9 Å². The van der Waals surface area contributed by atoms with E-state index in [9.17, 15) is 0 Å². The van der Waals surface area contributed by atoms with Gasteiger partial charge < -0.3 is 24.0 Å². The summed E-state index contributed by atoms with van der Waals surface area (Å²) in [6.45, 7) is 29.8. The molecule has 0 unspecified atom stereocenters. The molecule has 324 valence electrons. The quantitative estimate of drug-likeness (QED) is 0.148. The van der Waals surface area contributed by atoms with Gasteiger partial charge in [-0.15, -0.1) is 12.3 Å². The molecule has 1 saturated carbocycles. The van der Waals surface area contributed by atoms with Crippen molar-refractivity contribution in [3.63, 3.8) is 0 Å². The van der Waals surface area contributed by atoms with Crippen LogP contribution < -0.4 is 19.1 Å². The molecule has 2 aliphatic heterocycles. The Bertz CT molecular complexity index is 1670. The molecule has 4 aromatic rings. The van der Waals surface area contributed by atoms with Gasteiger partial charge in [-0.05, 0) is 113 Å². The van der Waals surface area contributed by atoms with E-state index < -0.39 is 0 Å². The van der Waals surface area contributed by atoms with Gasteiger partial charge in [-0.25, -0.2) is 0 Å². The van der Waals surface area contributed by atoms with Crippen LogP contribution in [0.1, 0.15) is 123 Å². The molecule has 1 saturated heterocycles. The van der Waals surface area contributed by atoms with E-state index in [-0.39, 0.29) is 0 Å². The first kappa shape index (κ1) is 54.1. The minimum absolute atomic E-state index is 0.358. The number of fused-ring (bicyclic) bond motifs is 1. The Morgan fingerprint density at radius 2 is 1.20 bits per heavy atom. The number of terminal acetylenes is 1. The van der Waals surface area contributed by atoms with Crippen molar-refractivity contribution in [2.75, 3.05) is 52.0 Å². The van der Waals surface area contributed by atoms with Crippen LogP contribution in [-0.2, 0) is 0 Å². The van der Waals surface area contributed by atoms with Crippen LogP contribution in [0.5, 0.6) is 17.2 Å². The summed E-state index contributed by atoms with van der Waals surface area (Å²) in [4.78, 5) is 4.86. The van der Waals surface area contributed by atoms with Crippen molar-refractivity contribution in [1.82, 2.24) is 4.90 Å². The third-order valence-electron chi connectivity index (χ3n) is 9.11. The number of benzene rings is 4. The lowest BCUT2D eigenvalue weighted by Gasteiger charge is -2.34. The first-order valence-electron chi connectivity index (χ1n) is 21.6. The third kappa shape index (κ3) is 25.9. The van der Waals surface area contributed by atoms with Gasteiger partial charge in [-0.2, -0.15) is 0 Å². The minimum atomic E-state index is 0.358. The van der Waals surface area contributed by atoms with Crippen molar-refractivity contribution >= 4 is 11.8 Å². The van der Waals surface area contributed by atoms with Gasteiger partial charge in [0.05, 0.1) is 7.11 Å². The Kier molecular flexibility index (Phi) is 31.2. The number of allylic oxidation sites excluding steroid dienone is 3. The highest BCUT2D eigenvalue weighted by atomic mass is 16.7. The van der Waals surface area contributed by atoms with Crippen LogP contribution in [-0.4, -0.2) is 52.0 Å². The van der Waals surface area contributed by atoms with Gasteiger partial charge in [0.15, 0.2) is 11.5 Å². The molecule has 4 aromatic carbocycles. The number of anilines is 1. The van der Waals surface area contributed by atoms with Crippen molar-refractivity contribution < 1.29 is 14.2 Å². The molecule has 7 rings (SSSR count). The topological polar surface area (TPSA) is 34.2 Å². The largest absolute Gasteiger partial charge is 0.497 e. The van der Waals surface area contributed by atoms with Crippen LogP contribution in [0.15, 0.2) is 115 Å². The summed E-state index contributed by atoms with van der Waals surface area (Å²) in [6, 6.07) is 33.4. The summed E-state index contributed by atoms with van der Waals surface area (Å²) in [5, 5.41) is 0. The number of rotatable bonds is 5. The molecular weight excluding hydrogens is 725 g/mol. The standard InChI is InChI=1S/C14H22N2.C10H12O2.C9H10.C8H10O.2C4H8.C3H4.C2H6/c1-12(2)13-4-6-14(7-5-13)16-10-8-15(3)9-11-16;1-7(2)8-3-4-9-10(5-8)12-6-11-9;1-2-6-9-7-4-3-5-8-9;1-7-3-5-8(9-2)6-4-7;1-4-2-3-4;1-3-4-2;1-3-2;1-2/h4-7,12H,8-11H2,1-3H3;3-5,7H,6H2,1-2H3;2-8H,1H3;3-6H,1-2H3;4H,2-3H2,1H3;3-4H,1-2H3;1H,2H3;1-2H3/b;;6-2+;;;4-3+;;. The highest BCUT2D eigenvalue weighted by Gasteiger charge is 2.15. The van der Waals surface area contributed by atoms with Gasteiger partial charge in [0.2, 0.25) is 6.79 Å². The van der Waals surface area contributed by atoms with Crippen LogP contribution in [0.2, 0.25) is 0 Å². The van der Waals surface area contributed by atoms with Crippen molar-refractivity contribution in [2.24, 2.45) is 5.92 Å². The summed E-state index contributed by atoms with van der Waals surface area (Å²) in [5.41, 5.74) is 6.62. The number of nitrogens with zero attached hydrogens (tertiary/aromatic N) is 2. The highest BCUT2D eigenvalue weighted by Crippen LogP contribution is 2.34. The number of likely N-dealkylation sites (N-methyl/N-ethyl adjacent to an activating group) is 1. The molecule has 5 nitrogen and oxygen atoms in total. The number of hydrogen-bond acceptors (Lipinski definition) is 5. The molecule has 0 radical (unpaired) electrons. The van der Waals surface area contributed by atoms with Gasteiger partial charge >= 0.3 is 0 Å². The Morgan fingerprint density at radius 3 is 1.64 bits per heavy atom. The summed E-state index contributed by atoms with van der Waals surface area (Å²) >= 11 is 0. The molecule has 0 N–H and O–H groups in total. The molecule has 2 fully saturated rings. The average molecular weight is 805 g/mol. The minimum Gasteiger partial charge on any atom is -0.497 e. The third-order valence-corrected chi connectivity index (χ3v) is 9.11. The molecule has 3 aliphatic rings. The maximum Gasteiger partial charge on any atom is 0.231 e. The fourth-order valence-corrected chi connectivity index (χ4v) is 5.00. The summed E-state index contributed by atoms with van der Waals surface area (Å²) < 4.78 is 15.4. The number of ether oxygens (including phenoxy) is 3. The second-order valence-electron chi connectivity index (χ2n) is 14.9. The lowest BCUT2D eigenvalue weighted by molar-refractivity contribution is 0.174. The predicted octanol–water partition coefficient (Wildman–Crippen LogP) is 14.5. The van der Waals surface area contributed by atoms with Crippen molar-refractivity contribution in [3.8, 4) is 29.6 Å².